The number of H-pyrrole nitrogens is 1. The first-order valence-electron chi connectivity index (χ1n) is 9.37. The number of nitrogens with one attached hydrogen (secondary N) is 2. The summed E-state index contributed by atoms with van der Waals surface area (Å²) in [5.74, 6) is 3.10. The van der Waals surface area contributed by atoms with E-state index in [4.69, 9.17) is 4.74 Å². The highest BCUT2D eigenvalue weighted by Crippen LogP contribution is 2.24. The molecule has 1 aromatic heterocycles. The van der Waals surface area contributed by atoms with Crippen LogP contribution < -0.4 is 5.32 Å². The van der Waals surface area contributed by atoms with Crippen LogP contribution in [0.1, 0.15) is 31.5 Å². The van der Waals surface area contributed by atoms with Crippen LogP contribution in [0.15, 0.2) is 11.3 Å². The third kappa shape index (κ3) is 6.05. The predicted molar refractivity (Wildman–Crippen MR) is 113 cm³/mol. The fourth-order valence-corrected chi connectivity index (χ4v) is 3.66. The highest BCUT2D eigenvalue weighted by atomic mass is 127. The molecule has 3 rings (SSSR count). The van der Waals surface area contributed by atoms with Crippen LogP contribution in [0.2, 0.25) is 0 Å². The number of guanidine groups is 1. The molecule has 1 atom stereocenters. The highest BCUT2D eigenvalue weighted by molar-refractivity contribution is 14.0. The van der Waals surface area contributed by atoms with E-state index in [0.29, 0.717) is 11.8 Å². The molecular weight excluding hydrogens is 445 g/mol. The number of piperidine rings is 1. The van der Waals surface area contributed by atoms with E-state index in [1.165, 1.54) is 0 Å². The number of rotatable bonds is 5. The fourth-order valence-electron chi connectivity index (χ4n) is 3.66. The Morgan fingerprint density at radius 2 is 2.08 bits per heavy atom. The Balaban J connectivity index is 0.00000243. The molecule has 0 spiro atoms. The Morgan fingerprint density at radius 3 is 2.69 bits per heavy atom. The molecule has 0 amide bonds. The maximum atomic E-state index is 5.42. The van der Waals surface area contributed by atoms with Crippen LogP contribution >= 0.6 is 24.0 Å². The molecule has 3 heterocycles. The number of aromatic nitrogens is 3. The van der Waals surface area contributed by atoms with Crippen molar-refractivity contribution < 1.29 is 4.74 Å². The van der Waals surface area contributed by atoms with Crippen LogP contribution in [0.5, 0.6) is 0 Å². The van der Waals surface area contributed by atoms with Gasteiger partial charge >= 0.3 is 0 Å². The minimum Gasteiger partial charge on any atom is -0.379 e. The van der Waals surface area contributed by atoms with E-state index in [2.05, 4.69) is 42.2 Å². The smallest absolute Gasteiger partial charge is 0.193 e. The van der Waals surface area contributed by atoms with Crippen molar-refractivity contribution in [1.82, 2.24) is 30.3 Å². The van der Waals surface area contributed by atoms with E-state index >= 15 is 0 Å². The standard InChI is InChI=1S/C17H31N7O.HI/c1-14(12-23-7-9-25-10-8-23)11-19-17(18-2)24-5-3-15(4-6-24)16-20-13-21-22-16;/h13-15H,3-12H2,1-2H3,(H,18,19)(H,20,21,22);1H. The molecule has 148 valence electrons. The van der Waals surface area contributed by atoms with Gasteiger partial charge < -0.3 is 15.0 Å². The van der Waals surface area contributed by atoms with Crippen molar-refractivity contribution in [3.8, 4) is 0 Å². The molecule has 2 aliphatic heterocycles. The van der Waals surface area contributed by atoms with Crippen molar-refractivity contribution in [3.63, 3.8) is 0 Å². The van der Waals surface area contributed by atoms with Gasteiger partial charge in [-0.25, -0.2) is 4.98 Å². The Hall–Kier alpha value is -0.940. The Morgan fingerprint density at radius 1 is 1.35 bits per heavy atom. The van der Waals surface area contributed by atoms with E-state index in [9.17, 15) is 0 Å². The van der Waals surface area contributed by atoms with Crippen molar-refractivity contribution in [3.05, 3.63) is 12.2 Å². The molecule has 2 saturated heterocycles. The van der Waals surface area contributed by atoms with E-state index in [1.807, 2.05) is 7.05 Å². The average Bonchev–Trinajstić information content (AvgIpc) is 3.18. The Bertz CT molecular complexity index is 525. The van der Waals surface area contributed by atoms with E-state index in [1.54, 1.807) is 6.33 Å². The molecule has 0 aromatic carbocycles. The first-order valence-corrected chi connectivity index (χ1v) is 9.37. The van der Waals surface area contributed by atoms with Crippen molar-refractivity contribution >= 4 is 29.9 Å². The Labute approximate surface area is 173 Å². The lowest BCUT2D eigenvalue weighted by Gasteiger charge is -2.34. The van der Waals surface area contributed by atoms with Gasteiger partial charge in [-0.3, -0.25) is 15.0 Å². The van der Waals surface area contributed by atoms with Crippen LogP contribution in [0.4, 0.5) is 0 Å². The number of ether oxygens (including phenoxy) is 1. The van der Waals surface area contributed by atoms with Crippen LogP contribution in [-0.2, 0) is 4.74 Å². The van der Waals surface area contributed by atoms with Gasteiger partial charge in [0, 0.05) is 52.2 Å². The van der Waals surface area contributed by atoms with Gasteiger partial charge in [-0.1, -0.05) is 6.92 Å². The summed E-state index contributed by atoms with van der Waals surface area (Å²) in [6.45, 7) is 10.2. The van der Waals surface area contributed by atoms with Crippen LogP contribution in [0.3, 0.4) is 0 Å². The van der Waals surface area contributed by atoms with E-state index in [-0.39, 0.29) is 24.0 Å². The first-order chi connectivity index (χ1) is 12.3. The maximum absolute atomic E-state index is 5.42. The Kier molecular flexibility index (Phi) is 9.06. The van der Waals surface area contributed by atoms with E-state index in [0.717, 1.165) is 77.1 Å². The lowest BCUT2D eigenvalue weighted by atomic mass is 9.96. The van der Waals surface area contributed by atoms with Gasteiger partial charge in [-0.15, -0.1) is 24.0 Å². The minimum atomic E-state index is 0. The summed E-state index contributed by atoms with van der Waals surface area (Å²) in [5.41, 5.74) is 0. The third-order valence-corrected chi connectivity index (χ3v) is 5.11. The molecule has 1 aromatic rings. The fraction of sp³-hybridized carbons (Fsp3) is 0.824. The molecule has 2 N–H and O–H groups in total. The summed E-state index contributed by atoms with van der Waals surface area (Å²) in [6.07, 6.45) is 3.76. The summed E-state index contributed by atoms with van der Waals surface area (Å²) in [5, 5.41) is 10.5. The maximum Gasteiger partial charge on any atom is 0.193 e. The second kappa shape index (κ2) is 11.0. The second-order valence-corrected chi connectivity index (χ2v) is 7.08. The van der Waals surface area contributed by atoms with Crippen molar-refractivity contribution in [2.45, 2.75) is 25.7 Å². The average molecular weight is 477 g/mol. The van der Waals surface area contributed by atoms with Crippen LogP contribution in [0, 0.1) is 5.92 Å². The molecule has 0 bridgehead atoms. The number of likely N-dealkylation sites (tertiary alicyclic amines) is 1. The van der Waals surface area contributed by atoms with Gasteiger partial charge in [-0.2, -0.15) is 5.10 Å². The number of hydrogen-bond acceptors (Lipinski definition) is 5. The molecule has 9 heteroatoms. The highest BCUT2D eigenvalue weighted by Gasteiger charge is 2.24. The third-order valence-electron chi connectivity index (χ3n) is 5.11. The lowest BCUT2D eigenvalue weighted by Crippen LogP contribution is -2.47. The topological polar surface area (TPSA) is 81.7 Å². The normalized spacial score (nSPS) is 21.3. The zero-order chi connectivity index (χ0) is 17.5. The van der Waals surface area contributed by atoms with Gasteiger partial charge in [0.1, 0.15) is 12.2 Å². The molecule has 0 radical (unpaired) electrons. The number of morpholine rings is 1. The number of hydrogen-bond donors (Lipinski definition) is 2. The quantitative estimate of drug-likeness (QED) is 0.376. The zero-order valence-corrected chi connectivity index (χ0v) is 18.2. The minimum absolute atomic E-state index is 0. The van der Waals surface area contributed by atoms with Gasteiger partial charge in [0.05, 0.1) is 13.2 Å². The van der Waals surface area contributed by atoms with Crippen molar-refractivity contribution in [2.75, 3.05) is 59.5 Å². The van der Waals surface area contributed by atoms with Crippen molar-refractivity contribution in [1.29, 1.82) is 0 Å². The number of aliphatic imine (C=N–C) groups is 1. The van der Waals surface area contributed by atoms with E-state index < -0.39 is 0 Å². The van der Waals surface area contributed by atoms with Gasteiger partial charge in [0.25, 0.3) is 0 Å². The van der Waals surface area contributed by atoms with Gasteiger partial charge in [0.15, 0.2) is 5.96 Å². The summed E-state index contributed by atoms with van der Waals surface area (Å²) >= 11 is 0. The molecule has 1 unspecified atom stereocenters. The molecule has 2 fully saturated rings. The first kappa shape index (κ1) is 21.4. The molecule has 0 aliphatic carbocycles. The number of aromatic amines is 1. The predicted octanol–water partition coefficient (Wildman–Crippen LogP) is 1.15. The zero-order valence-electron chi connectivity index (χ0n) is 15.9. The van der Waals surface area contributed by atoms with Crippen LogP contribution in [-0.4, -0.2) is 90.5 Å². The molecule has 0 saturated carbocycles. The summed E-state index contributed by atoms with van der Waals surface area (Å²) in [7, 11) is 1.87. The van der Waals surface area contributed by atoms with Crippen molar-refractivity contribution in [2.24, 2.45) is 10.9 Å². The lowest BCUT2D eigenvalue weighted by molar-refractivity contribution is 0.0320. The monoisotopic (exact) mass is 477 g/mol. The summed E-state index contributed by atoms with van der Waals surface area (Å²) < 4.78 is 5.42. The van der Waals surface area contributed by atoms with Crippen LogP contribution in [0.25, 0.3) is 0 Å². The largest absolute Gasteiger partial charge is 0.379 e. The number of halogens is 1. The number of nitrogens with zero attached hydrogens (tertiary/aromatic N) is 5. The summed E-state index contributed by atoms with van der Waals surface area (Å²) in [4.78, 5) is 13.6. The second-order valence-electron chi connectivity index (χ2n) is 7.08. The van der Waals surface area contributed by atoms with Gasteiger partial charge in [-0.05, 0) is 18.8 Å². The molecule has 8 nitrogen and oxygen atoms in total. The van der Waals surface area contributed by atoms with Gasteiger partial charge in [0.2, 0.25) is 0 Å². The molecular formula is C17H32IN7O. The summed E-state index contributed by atoms with van der Waals surface area (Å²) in [6, 6.07) is 0. The SMILES string of the molecule is CN=C(NCC(C)CN1CCOCC1)N1CCC(c2ncn[nH]2)CC1.I. The molecule has 26 heavy (non-hydrogen) atoms. The molecule has 2 aliphatic rings.